The number of pyridine rings is 1. The number of carbonyl (C=O) groups is 1. The van der Waals surface area contributed by atoms with E-state index in [1.165, 1.54) is 0 Å². The molecule has 2 rings (SSSR count). The number of rotatable bonds is 2. The predicted octanol–water partition coefficient (Wildman–Crippen LogP) is 1.80. The number of carbonyl (C=O) groups excluding carboxylic acids is 1. The molecular weight excluding hydrogens is 190 g/mol. The van der Waals surface area contributed by atoms with E-state index in [9.17, 15) is 4.79 Å². The van der Waals surface area contributed by atoms with Gasteiger partial charge in [0.1, 0.15) is 17.4 Å². The Morgan fingerprint density at radius 3 is 3.00 bits per heavy atom. The molecule has 74 valence electrons. The van der Waals surface area contributed by atoms with Gasteiger partial charge in [-0.2, -0.15) is 5.26 Å². The van der Waals surface area contributed by atoms with Crippen molar-refractivity contribution in [2.45, 2.75) is 13.3 Å². The highest BCUT2D eigenvalue weighted by Crippen LogP contribution is 2.08. The maximum absolute atomic E-state index is 11.4. The van der Waals surface area contributed by atoms with Crippen molar-refractivity contribution in [3.63, 3.8) is 0 Å². The molecule has 0 fully saturated rings. The van der Waals surface area contributed by atoms with E-state index in [1.54, 1.807) is 35.9 Å². The third kappa shape index (κ3) is 1.59. The van der Waals surface area contributed by atoms with Crippen molar-refractivity contribution < 1.29 is 4.79 Å². The zero-order valence-corrected chi connectivity index (χ0v) is 8.27. The molecule has 4 heteroatoms. The van der Waals surface area contributed by atoms with Gasteiger partial charge in [0.15, 0.2) is 5.78 Å². The minimum atomic E-state index is 0.0113. The van der Waals surface area contributed by atoms with E-state index in [4.69, 9.17) is 5.26 Å². The molecule has 0 saturated heterocycles. The molecule has 0 unspecified atom stereocenters. The van der Waals surface area contributed by atoms with Crippen LogP contribution in [-0.2, 0) is 0 Å². The van der Waals surface area contributed by atoms with Crippen molar-refractivity contribution in [3.8, 4) is 6.07 Å². The molecule has 0 aromatic carbocycles. The molecule has 0 aliphatic rings. The second kappa shape index (κ2) is 3.54. The van der Waals surface area contributed by atoms with Gasteiger partial charge in [0.2, 0.25) is 0 Å². The number of nitriles is 1. The van der Waals surface area contributed by atoms with Gasteiger partial charge in [0, 0.05) is 18.8 Å². The monoisotopic (exact) mass is 199 g/mol. The first-order chi connectivity index (χ1) is 7.24. The lowest BCUT2D eigenvalue weighted by Gasteiger charge is -1.91. The van der Waals surface area contributed by atoms with Crippen LogP contribution in [0.4, 0.5) is 0 Å². The normalized spacial score (nSPS) is 10.1. The van der Waals surface area contributed by atoms with E-state index in [-0.39, 0.29) is 5.78 Å². The molecular formula is C11H9N3O. The van der Waals surface area contributed by atoms with Gasteiger partial charge >= 0.3 is 0 Å². The standard InChI is InChI=1S/C11H9N3O/c1-2-10(15)9-7-14-6-8(5-12)3-4-11(14)13-9/h3-4,6-7H,2H2,1H3. The first-order valence-corrected chi connectivity index (χ1v) is 4.66. The Bertz CT molecular complexity index is 563. The molecule has 0 spiro atoms. The van der Waals surface area contributed by atoms with Crippen LogP contribution in [0.2, 0.25) is 0 Å². The Labute approximate surface area is 86.8 Å². The van der Waals surface area contributed by atoms with Gasteiger partial charge in [-0.05, 0) is 12.1 Å². The lowest BCUT2D eigenvalue weighted by molar-refractivity contribution is 0.0984. The number of aromatic nitrogens is 2. The van der Waals surface area contributed by atoms with Gasteiger partial charge in [0.25, 0.3) is 0 Å². The van der Waals surface area contributed by atoms with E-state index < -0.39 is 0 Å². The fourth-order valence-corrected chi connectivity index (χ4v) is 1.37. The summed E-state index contributed by atoms with van der Waals surface area (Å²) in [4.78, 5) is 15.6. The van der Waals surface area contributed by atoms with Crippen LogP contribution in [0.1, 0.15) is 29.4 Å². The van der Waals surface area contributed by atoms with E-state index in [1.807, 2.05) is 6.07 Å². The molecule has 2 aromatic heterocycles. The summed E-state index contributed by atoms with van der Waals surface area (Å²) in [6.07, 6.45) is 3.76. The largest absolute Gasteiger partial charge is 0.305 e. The summed E-state index contributed by atoms with van der Waals surface area (Å²) in [7, 11) is 0. The summed E-state index contributed by atoms with van der Waals surface area (Å²) in [5, 5.41) is 8.71. The molecule has 2 heterocycles. The highest BCUT2D eigenvalue weighted by atomic mass is 16.1. The van der Waals surface area contributed by atoms with Gasteiger partial charge in [-0.1, -0.05) is 6.92 Å². The van der Waals surface area contributed by atoms with Crippen LogP contribution < -0.4 is 0 Å². The minimum Gasteiger partial charge on any atom is -0.305 e. The predicted molar refractivity (Wildman–Crippen MR) is 54.5 cm³/mol. The Morgan fingerprint density at radius 2 is 2.33 bits per heavy atom. The fourth-order valence-electron chi connectivity index (χ4n) is 1.37. The molecule has 0 aliphatic carbocycles. The number of imidazole rings is 1. The van der Waals surface area contributed by atoms with Crippen molar-refractivity contribution in [1.29, 1.82) is 5.26 Å². The van der Waals surface area contributed by atoms with E-state index >= 15 is 0 Å². The topological polar surface area (TPSA) is 58.2 Å². The van der Waals surface area contributed by atoms with Crippen LogP contribution in [0.5, 0.6) is 0 Å². The fraction of sp³-hybridized carbons (Fsp3) is 0.182. The zero-order chi connectivity index (χ0) is 10.8. The molecule has 2 aromatic rings. The van der Waals surface area contributed by atoms with Crippen LogP contribution >= 0.6 is 0 Å². The lowest BCUT2D eigenvalue weighted by atomic mass is 10.2. The Hall–Kier alpha value is -2.15. The molecule has 0 atom stereocenters. The van der Waals surface area contributed by atoms with Gasteiger partial charge in [0.05, 0.1) is 5.56 Å². The van der Waals surface area contributed by atoms with Crippen molar-refractivity contribution in [1.82, 2.24) is 9.38 Å². The van der Waals surface area contributed by atoms with E-state index in [0.717, 1.165) is 0 Å². The number of hydrogen-bond donors (Lipinski definition) is 0. The zero-order valence-electron chi connectivity index (χ0n) is 8.27. The number of ketones is 1. The van der Waals surface area contributed by atoms with Gasteiger partial charge in [-0.3, -0.25) is 4.79 Å². The Morgan fingerprint density at radius 1 is 1.53 bits per heavy atom. The molecule has 0 bridgehead atoms. The van der Waals surface area contributed by atoms with Gasteiger partial charge in [-0.25, -0.2) is 4.98 Å². The summed E-state index contributed by atoms with van der Waals surface area (Å²) in [6.45, 7) is 1.80. The molecule has 0 aliphatic heterocycles. The Kier molecular flexibility index (Phi) is 2.22. The first kappa shape index (κ1) is 9.41. The van der Waals surface area contributed by atoms with Crippen LogP contribution in [0, 0.1) is 11.3 Å². The summed E-state index contributed by atoms with van der Waals surface area (Å²) >= 11 is 0. The number of hydrogen-bond acceptors (Lipinski definition) is 3. The second-order valence-corrected chi connectivity index (χ2v) is 3.20. The number of Topliss-reactive ketones (excluding diaryl/α,β-unsaturated/α-hetero) is 1. The third-order valence-electron chi connectivity index (χ3n) is 2.19. The first-order valence-electron chi connectivity index (χ1n) is 4.66. The summed E-state index contributed by atoms with van der Waals surface area (Å²) in [6, 6.07) is 5.45. The number of nitrogens with zero attached hydrogens (tertiary/aromatic N) is 3. The smallest absolute Gasteiger partial charge is 0.182 e. The summed E-state index contributed by atoms with van der Waals surface area (Å²) < 4.78 is 1.70. The van der Waals surface area contributed by atoms with E-state index in [0.29, 0.717) is 23.3 Å². The van der Waals surface area contributed by atoms with Crippen LogP contribution in [0.25, 0.3) is 5.65 Å². The molecule has 15 heavy (non-hydrogen) atoms. The van der Waals surface area contributed by atoms with Crippen LogP contribution in [-0.4, -0.2) is 15.2 Å². The van der Waals surface area contributed by atoms with Crippen molar-refractivity contribution in [2.75, 3.05) is 0 Å². The quantitative estimate of drug-likeness (QED) is 0.693. The van der Waals surface area contributed by atoms with Gasteiger partial charge in [-0.15, -0.1) is 0 Å². The van der Waals surface area contributed by atoms with Crippen molar-refractivity contribution >= 4 is 11.4 Å². The minimum absolute atomic E-state index is 0.0113. The van der Waals surface area contributed by atoms with Crippen LogP contribution in [0.15, 0.2) is 24.5 Å². The molecule has 0 radical (unpaired) electrons. The van der Waals surface area contributed by atoms with Crippen LogP contribution in [0.3, 0.4) is 0 Å². The maximum atomic E-state index is 11.4. The van der Waals surface area contributed by atoms with E-state index in [2.05, 4.69) is 4.98 Å². The van der Waals surface area contributed by atoms with Crippen molar-refractivity contribution in [2.24, 2.45) is 0 Å². The average molecular weight is 199 g/mol. The summed E-state index contributed by atoms with van der Waals surface area (Å²) in [5.74, 6) is 0.0113. The Balaban J connectivity index is 2.57. The highest BCUT2D eigenvalue weighted by molar-refractivity contribution is 5.94. The maximum Gasteiger partial charge on any atom is 0.182 e. The highest BCUT2D eigenvalue weighted by Gasteiger charge is 2.08. The second-order valence-electron chi connectivity index (χ2n) is 3.20. The molecule has 4 nitrogen and oxygen atoms in total. The van der Waals surface area contributed by atoms with Crippen molar-refractivity contribution in [3.05, 3.63) is 35.8 Å². The van der Waals surface area contributed by atoms with Gasteiger partial charge < -0.3 is 4.40 Å². The lowest BCUT2D eigenvalue weighted by Crippen LogP contribution is -1.95. The SMILES string of the molecule is CCC(=O)c1cn2cc(C#N)ccc2n1. The summed E-state index contributed by atoms with van der Waals surface area (Å²) in [5.41, 5.74) is 1.69. The molecule has 0 amide bonds. The molecule has 0 N–H and O–H groups in total. The average Bonchev–Trinajstić information content (AvgIpc) is 2.70. The number of fused-ring (bicyclic) bond motifs is 1. The third-order valence-corrected chi connectivity index (χ3v) is 2.19. The molecule has 0 saturated carbocycles.